The van der Waals surface area contributed by atoms with Gasteiger partial charge in [0.25, 0.3) is 0 Å². The van der Waals surface area contributed by atoms with Crippen molar-refractivity contribution in [2.75, 3.05) is 6.61 Å². The highest BCUT2D eigenvalue weighted by atomic mass is 35.5. The molecule has 0 aromatic heterocycles. The number of hydrogen-bond acceptors (Lipinski definition) is 3. The molecule has 0 heterocycles. The predicted molar refractivity (Wildman–Crippen MR) is 75.2 cm³/mol. The molecule has 2 atom stereocenters. The normalized spacial score (nSPS) is 28.8. The number of hydrogen-bond donors (Lipinski definition) is 1. The molecule has 0 aliphatic heterocycles. The summed E-state index contributed by atoms with van der Waals surface area (Å²) in [4.78, 5) is 0. The molecule has 5 heteroatoms. The van der Waals surface area contributed by atoms with E-state index in [1.165, 1.54) is 24.6 Å². The van der Waals surface area contributed by atoms with Crippen molar-refractivity contribution in [3.05, 3.63) is 10.8 Å². The molecular weight excluding hydrogens is 273 g/mol. The lowest BCUT2D eigenvalue weighted by molar-refractivity contribution is 0.0824. The second kappa shape index (κ2) is 6.11. The lowest BCUT2D eigenvalue weighted by atomic mass is 9.86. The second-order valence-corrected chi connectivity index (χ2v) is 5.75. The first-order chi connectivity index (χ1) is 8.61. The zero-order valence-corrected chi connectivity index (χ0v) is 11.7. The van der Waals surface area contributed by atoms with Gasteiger partial charge in [0.05, 0.1) is 11.6 Å². The highest BCUT2D eigenvalue weighted by Crippen LogP contribution is 2.36. The van der Waals surface area contributed by atoms with Crippen LogP contribution < -0.4 is 0 Å². The third-order valence-corrected chi connectivity index (χ3v) is 4.33. The van der Waals surface area contributed by atoms with Crippen molar-refractivity contribution < 1.29 is 9.13 Å². The van der Waals surface area contributed by atoms with E-state index in [0.717, 1.165) is 0 Å². The Labute approximate surface area is 117 Å². The largest absolute Gasteiger partial charge is 0.493 e. The molecular formula is C13H17ClFNOS. The van der Waals surface area contributed by atoms with Crippen LogP contribution in [0.15, 0.2) is 10.8 Å². The van der Waals surface area contributed by atoms with Crippen molar-refractivity contribution in [2.24, 2.45) is 11.8 Å². The number of ether oxygens (including phenoxy) is 1. The van der Waals surface area contributed by atoms with Crippen LogP contribution >= 0.6 is 23.8 Å². The van der Waals surface area contributed by atoms with Crippen molar-refractivity contribution in [1.29, 1.82) is 5.41 Å². The molecule has 1 N–H and O–H groups in total. The van der Waals surface area contributed by atoms with Crippen LogP contribution in [0.25, 0.3) is 0 Å². The molecule has 100 valence electrons. The smallest absolute Gasteiger partial charge is 0.159 e. The minimum absolute atomic E-state index is 0.207. The van der Waals surface area contributed by atoms with E-state index in [2.05, 4.69) is 0 Å². The molecule has 2 aliphatic carbocycles. The molecule has 2 rings (SSSR count). The second-order valence-electron chi connectivity index (χ2n) is 5.05. The molecule has 0 saturated heterocycles. The molecule has 2 unspecified atom stereocenters. The fourth-order valence-electron chi connectivity index (χ4n) is 2.30. The Morgan fingerprint density at radius 1 is 1.56 bits per heavy atom. The lowest BCUT2D eigenvalue weighted by Crippen LogP contribution is -2.28. The average molecular weight is 290 g/mol. The number of rotatable bonds is 5. The van der Waals surface area contributed by atoms with Crippen LogP contribution in [-0.4, -0.2) is 23.9 Å². The average Bonchev–Trinajstić information content (AvgIpc) is 2.29. The van der Waals surface area contributed by atoms with Gasteiger partial charge in [-0.1, -0.05) is 30.2 Å². The fourth-order valence-corrected chi connectivity index (χ4v) is 2.85. The molecule has 0 aromatic rings. The number of alkyl halides is 1. The van der Waals surface area contributed by atoms with Gasteiger partial charge in [-0.3, -0.25) is 0 Å². The molecule has 0 radical (unpaired) electrons. The van der Waals surface area contributed by atoms with Gasteiger partial charge in [-0.25, -0.2) is 4.39 Å². The molecule has 0 amide bonds. The monoisotopic (exact) mass is 289 g/mol. The minimum Gasteiger partial charge on any atom is -0.493 e. The highest BCUT2D eigenvalue weighted by Gasteiger charge is 2.32. The summed E-state index contributed by atoms with van der Waals surface area (Å²) in [7, 11) is 0. The van der Waals surface area contributed by atoms with Gasteiger partial charge in [0, 0.05) is 17.0 Å². The molecule has 18 heavy (non-hydrogen) atoms. The van der Waals surface area contributed by atoms with Crippen LogP contribution in [0.4, 0.5) is 4.39 Å². The molecule has 0 spiro atoms. The van der Waals surface area contributed by atoms with Crippen LogP contribution in [0.3, 0.4) is 0 Å². The molecule has 1 fully saturated rings. The van der Waals surface area contributed by atoms with Crippen molar-refractivity contribution >= 4 is 34.9 Å². The summed E-state index contributed by atoms with van der Waals surface area (Å²) in [6.45, 7) is 0.571. The van der Waals surface area contributed by atoms with Crippen molar-refractivity contribution in [2.45, 2.75) is 38.3 Å². The van der Waals surface area contributed by atoms with Gasteiger partial charge in [0.1, 0.15) is 5.76 Å². The van der Waals surface area contributed by atoms with Gasteiger partial charge in [-0.05, 0) is 31.6 Å². The van der Waals surface area contributed by atoms with Crippen LogP contribution in [0, 0.1) is 17.2 Å². The van der Waals surface area contributed by atoms with Crippen LogP contribution in [-0.2, 0) is 4.74 Å². The van der Waals surface area contributed by atoms with Gasteiger partial charge in [-0.15, -0.1) is 0 Å². The molecule has 2 nitrogen and oxygen atoms in total. The summed E-state index contributed by atoms with van der Waals surface area (Å²) in [6.07, 6.45) is 3.09. The van der Waals surface area contributed by atoms with Crippen LogP contribution in [0.2, 0.25) is 0 Å². The van der Waals surface area contributed by atoms with Gasteiger partial charge >= 0.3 is 0 Å². The van der Waals surface area contributed by atoms with Crippen molar-refractivity contribution in [3.8, 4) is 0 Å². The number of allylic oxidation sites excluding steroid dienone is 2. The van der Waals surface area contributed by atoms with Crippen LogP contribution in [0.5, 0.6) is 0 Å². The SMILES string of the molecule is N=C(C=S)C1CC(Cl)=C(OCC2CCC2)C(F)C1. The van der Waals surface area contributed by atoms with Crippen LogP contribution in [0.1, 0.15) is 32.1 Å². The zero-order chi connectivity index (χ0) is 13.1. The number of nitrogens with one attached hydrogen (secondary N) is 1. The molecule has 0 aromatic carbocycles. The Balaban J connectivity index is 1.95. The Hall–Kier alpha value is -0.480. The molecule has 2 aliphatic rings. The first-order valence-electron chi connectivity index (χ1n) is 6.30. The summed E-state index contributed by atoms with van der Waals surface area (Å²) in [5, 5.41) is 9.35. The molecule has 0 bridgehead atoms. The summed E-state index contributed by atoms with van der Waals surface area (Å²) < 4.78 is 19.5. The van der Waals surface area contributed by atoms with Crippen molar-refractivity contribution in [1.82, 2.24) is 0 Å². The first kappa shape index (κ1) is 13.9. The quantitative estimate of drug-likeness (QED) is 0.612. The van der Waals surface area contributed by atoms with E-state index >= 15 is 0 Å². The highest BCUT2D eigenvalue weighted by molar-refractivity contribution is 7.80. The van der Waals surface area contributed by atoms with E-state index in [1.54, 1.807) is 0 Å². The number of halogens is 2. The third-order valence-electron chi connectivity index (χ3n) is 3.73. The van der Waals surface area contributed by atoms with E-state index in [1.807, 2.05) is 0 Å². The Morgan fingerprint density at radius 2 is 2.28 bits per heavy atom. The maximum Gasteiger partial charge on any atom is 0.159 e. The topological polar surface area (TPSA) is 33.1 Å². The third kappa shape index (κ3) is 3.09. The Kier molecular flexibility index (Phi) is 4.73. The fraction of sp³-hybridized carbons (Fsp3) is 0.692. The minimum atomic E-state index is -1.20. The number of thiocarbonyl (C=S) groups is 1. The van der Waals surface area contributed by atoms with E-state index in [0.29, 0.717) is 24.0 Å². The van der Waals surface area contributed by atoms with E-state index in [4.69, 9.17) is 34.0 Å². The standard InChI is InChI=1S/C13H17ClFNOS/c14-10-4-9(12(16)7-18)5-11(15)13(10)17-6-8-2-1-3-8/h7-9,11,16H,1-6H2. The van der Waals surface area contributed by atoms with Gasteiger partial charge in [0.15, 0.2) is 6.17 Å². The van der Waals surface area contributed by atoms with Gasteiger partial charge in [-0.2, -0.15) is 0 Å². The van der Waals surface area contributed by atoms with E-state index in [9.17, 15) is 4.39 Å². The summed E-state index contributed by atoms with van der Waals surface area (Å²) in [6, 6.07) is 0. The van der Waals surface area contributed by atoms with E-state index in [-0.39, 0.29) is 23.8 Å². The first-order valence-corrected chi connectivity index (χ1v) is 7.15. The van der Waals surface area contributed by atoms with E-state index < -0.39 is 6.17 Å². The summed E-state index contributed by atoms with van der Waals surface area (Å²) in [5.41, 5.74) is 0.281. The maximum absolute atomic E-state index is 14.0. The van der Waals surface area contributed by atoms with Gasteiger partial charge in [0.2, 0.25) is 0 Å². The predicted octanol–water partition coefficient (Wildman–Crippen LogP) is 4.02. The van der Waals surface area contributed by atoms with Crippen molar-refractivity contribution in [3.63, 3.8) is 0 Å². The Morgan fingerprint density at radius 3 is 2.78 bits per heavy atom. The molecule has 1 saturated carbocycles. The maximum atomic E-state index is 14.0. The summed E-state index contributed by atoms with van der Waals surface area (Å²) >= 11 is 10.8. The van der Waals surface area contributed by atoms with Gasteiger partial charge < -0.3 is 10.1 Å². The Bertz CT molecular complexity index is 381. The zero-order valence-electron chi connectivity index (χ0n) is 10.1. The lowest BCUT2D eigenvalue weighted by Gasteiger charge is -2.30. The summed E-state index contributed by atoms with van der Waals surface area (Å²) in [5.74, 6) is 0.643.